The molecule has 0 aromatic carbocycles. The quantitative estimate of drug-likeness (QED) is 0.799. The summed E-state index contributed by atoms with van der Waals surface area (Å²) >= 11 is 0. The van der Waals surface area contributed by atoms with Crippen molar-refractivity contribution in [1.29, 1.82) is 0 Å². The summed E-state index contributed by atoms with van der Waals surface area (Å²) in [5.74, 6) is 0.461. The van der Waals surface area contributed by atoms with Crippen LogP contribution in [0, 0.1) is 5.92 Å². The van der Waals surface area contributed by atoms with Gasteiger partial charge in [-0.15, -0.1) is 0 Å². The molecule has 1 N–H and O–H groups in total. The molecule has 1 rings (SSSR count). The summed E-state index contributed by atoms with van der Waals surface area (Å²) in [6, 6.07) is 0.344. The molecule has 1 saturated carbocycles. The molecule has 1 aliphatic carbocycles. The Balaban J connectivity index is 2.50. The molecule has 3 heteroatoms. The Labute approximate surface area is 98.8 Å². The zero-order valence-corrected chi connectivity index (χ0v) is 10.8. The van der Waals surface area contributed by atoms with Crippen LogP contribution in [0.3, 0.4) is 0 Å². The number of amides is 1. The first kappa shape index (κ1) is 13.5. The zero-order chi connectivity index (χ0) is 12.1. The van der Waals surface area contributed by atoms with Crippen molar-refractivity contribution in [2.45, 2.75) is 64.5 Å². The normalized spacial score (nSPS) is 25.8. The Morgan fingerprint density at radius 1 is 1.25 bits per heavy atom. The van der Waals surface area contributed by atoms with Crippen molar-refractivity contribution in [3.8, 4) is 0 Å². The molecule has 0 aromatic rings. The van der Waals surface area contributed by atoms with E-state index in [1.807, 2.05) is 11.9 Å². The van der Waals surface area contributed by atoms with E-state index in [1.165, 1.54) is 0 Å². The molecule has 0 atom stereocenters. The number of aliphatic hydroxyl groups is 1. The van der Waals surface area contributed by atoms with E-state index in [2.05, 4.69) is 13.8 Å². The minimum Gasteiger partial charge on any atom is -0.393 e. The Morgan fingerprint density at radius 3 is 2.19 bits per heavy atom. The molecule has 1 amide bonds. The van der Waals surface area contributed by atoms with Crippen LogP contribution in [-0.2, 0) is 4.79 Å². The van der Waals surface area contributed by atoms with Crippen LogP contribution in [0.1, 0.15) is 52.4 Å². The van der Waals surface area contributed by atoms with Crippen LogP contribution in [0.25, 0.3) is 0 Å². The van der Waals surface area contributed by atoms with Gasteiger partial charge in [0, 0.05) is 19.0 Å². The Hall–Kier alpha value is -0.570. The van der Waals surface area contributed by atoms with Crippen molar-refractivity contribution < 1.29 is 9.90 Å². The highest BCUT2D eigenvalue weighted by molar-refractivity contribution is 5.78. The minimum atomic E-state index is -0.145. The first-order valence-corrected chi connectivity index (χ1v) is 6.54. The van der Waals surface area contributed by atoms with E-state index in [9.17, 15) is 9.90 Å². The summed E-state index contributed by atoms with van der Waals surface area (Å²) in [7, 11) is 1.92. The van der Waals surface area contributed by atoms with E-state index in [-0.39, 0.29) is 17.9 Å². The summed E-state index contributed by atoms with van der Waals surface area (Å²) in [4.78, 5) is 14.1. The third kappa shape index (κ3) is 3.21. The van der Waals surface area contributed by atoms with Crippen LogP contribution in [-0.4, -0.2) is 35.1 Å². The molecule has 0 unspecified atom stereocenters. The molecule has 0 aliphatic heterocycles. The molecular weight excluding hydrogens is 202 g/mol. The van der Waals surface area contributed by atoms with Gasteiger partial charge in [0.25, 0.3) is 0 Å². The van der Waals surface area contributed by atoms with Crippen molar-refractivity contribution >= 4 is 5.91 Å². The van der Waals surface area contributed by atoms with Gasteiger partial charge >= 0.3 is 0 Å². The van der Waals surface area contributed by atoms with Gasteiger partial charge in [0.05, 0.1) is 6.10 Å². The molecule has 3 nitrogen and oxygen atoms in total. The Morgan fingerprint density at radius 2 is 1.75 bits per heavy atom. The van der Waals surface area contributed by atoms with Gasteiger partial charge in [-0.05, 0) is 38.5 Å². The second-order valence-electron chi connectivity index (χ2n) is 4.92. The van der Waals surface area contributed by atoms with Crippen LogP contribution >= 0.6 is 0 Å². The molecule has 0 bridgehead atoms. The van der Waals surface area contributed by atoms with E-state index in [0.717, 1.165) is 38.5 Å². The number of rotatable bonds is 4. The average molecular weight is 227 g/mol. The second kappa shape index (κ2) is 6.24. The van der Waals surface area contributed by atoms with Gasteiger partial charge in [0.1, 0.15) is 0 Å². The summed E-state index contributed by atoms with van der Waals surface area (Å²) in [5, 5.41) is 9.45. The lowest BCUT2D eigenvalue weighted by atomic mass is 9.91. The molecule has 0 radical (unpaired) electrons. The number of carbonyl (C=O) groups excluding carboxylic acids is 1. The smallest absolute Gasteiger partial charge is 0.225 e. The summed E-state index contributed by atoms with van der Waals surface area (Å²) < 4.78 is 0. The molecule has 1 fully saturated rings. The predicted molar refractivity (Wildman–Crippen MR) is 65.1 cm³/mol. The van der Waals surface area contributed by atoms with Crippen molar-refractivity contribution in [1.82, 2.24) is 4.90 Å². The number of nitrogens with zero attached hydrogens (tertiary/aromatic N) is 1. The van der Waals surface area contributed by atoms with Crippen LogP contribution in [0.4, 0.5) is 0 Å². The van der Waals surface area contributed by atoms with Gasteiger partial charge in [-0.2, -0.15) is 0 Å². The van der Waals surface area contributed by atoms with Gasteiger partial charge in [0.15, 0.2) is 0 Å². The molecule has 0 saturated heterocycles. The van der Waals surface area contributed by atoms with E-state index < -0.39 is 0 Å². The fraction of sp³-hybridized carbons (Fsp3) is 0.923. The lowest BCUT2D eigenvalue weighted by Crippen LogP contribution is -2.43. The number of aliphatic hydroxyl groups excluding tert-OH is 1. The third-order valence-electron chi connectivity index (χ3n) is 3.90. The van der Waals surface area contributed by atoms with Gasteiger partial charge in [-0.3, -0.25) is 4.79 Å². The monoisotopic (exact) mass is 227 g/mol. The maximum absolute atomic E-state index is 12.1. The van der Waals surface area contributed by atoms with Gasteiger partial charge < -0.3 is 10.0 Å². The Bertz CT molecular complexity index is 218. The van der Waals surface area contributed by atoms with Gasteiger partial charge in [-0.25, -0.2) is 0 Å². The molecular formula is C13H25NO2. The summed E-state index contributed by atoms with van der Waals surface area (Å²) in [6.45, 7) is 4.15. The van der Waals surface area contributed by atoms with Crippen molar-refractivity contribution in [2.75, 3.05) is 7.05 Å². The van der Waals surface area contributed by atoms with Gasteiger partial charge in [-0.1, -0.05) is 13.8 Å². The van der Waals surface area contributed by atoms with Crippen LogP contribution in [0.15, 0.2) is 0 Å². The molecule has 94 valence electrons. The summed E-state index contributed by atoms with van der Waals surface area (Å²) in [6.07, 6.45) is 5.28. The first-order chi connectivity index (χ1) is 7.60. The average Bonchev–Trinajstić information content (AvgIpc) is 2.30. The SMILES string of the molecule is CCC(CC)C(=O)N(C)C1CCC(O)CC1. The topological polar surface area (TPSA) is 40.5 Å². The first-order valence-electron chi connectivity index (χ1n) is 6.54. The Kier molecular flexibility index (Phi) is 5.26. The van der Waals surface area contributed by atoms with E-state index >= 15 is 0 Å². The molecule has 16 heavy (non-hydrogen) atoms. The van der Waals surface area contributed by atoms with Crippen LogP contribution < -0.4 is 0 Å². The highest BCUT2D eigenvalue weighted by Gasteiger charge is 2.28. The van der Waals surface area contributed by atoms with E-state index in [1.54, 1.807) is 0 Å². The standard InChI is InChI=1S/C13H25NO2/c1-4-10(5-2)13(16)14(3)11-6-8-12(15)9-7-11/h10-12,15H,4-9H2,1-3H3. The maximum atomic E-state index is 12.1. The second-order valence-corrected chi connectivity index (χ2v) is 4.92. The van der Waals surface area contributed by atoms with Gasteiger partial charge in [0.2, 0.25) is 5.91 Å². The molecule has 0 aromatic heterocycles. The maximum Gasteiger partial charge on any atom is 0.225 e. The van der Waals surface area contributed by atoms with Crippen LogP contribution in [0.5, 0.6) is 0 Å². The minimum absolute atomic E-state index is 0.145. The zero-order valence-electron chi connectivity index (χ0n) is 10.8. The predicted octanol–water partition coefficient (Wildman–Crippen LogP) is 2.18. The highest BCUT2D eigenvalue weighted by Crippen LogP contribution is 2.24. The van der Waals surface area contributed by atoms with Crippen molar-refractivity contribution in [3.05, 3.63) is 0 Å². The van der Waals surface area contributed by atoms with E-state index in [4.69, 9.17) is 0 Å². The highest BCUT2D eigenvalue weighted by atomic mass is 16.3. The fourth-order valence-corrected chi connectivity index (χ4v) is 2.55. The van der Waals surface area contributed by atoms with E-state index in [0.29, 0.717) is 6.04 Å². The fourth-order valence-electron chi connectivity index (χ4n) is 2.55. The molecule has 0 heterocycles. The van der Waals surface area contributed by atoms with Crippen LogP contribution in [0.2, 0.25) is 0 Å². The summed E-state index contributed by atoms with van der Waals surface area (Å²) in [5.41, 5.74) is 0. The number of hydrogen-bond acceptors (Lipinski definition) is 2. The number of carbonyl (C=O) groups is 1. The molecule has 1 aliphatic rings. The largest absolute Gasteiger partial charge is 0.393 e. The molecule has 0 spiro atoms. The van der Waals surface area contributed by atoms with Crippen molar-refractivity contribution in [2.24, 2.45) is 5.92 Å². The lowest BCUT2D eigenvalue weighted by molar-refractivity contribution is -0.137. The van der Waals surface area contributed by atoms with Crippen molar-refractivity contribution in [3.63, 3.8) is 0 Å². The lowest BCUT2D eigenvalue weighted by Gasteiger charge is -2.34. The number of hydrogen-bond donors (Lipinski definition) is 1. The third-order valence-corrected chi connectivity index (χ3v) is 3.90.